The summed E-state index contributed by atoms with van der Waals surface area (Å²) in [6.45, 7) is 8.16. The number of carbonyl (C=O) groups excluding carboxylic acids is 1. The minimum atomic E-state index is -2.26. The van der Waals surface area contributed by atoms with Crippen LogP contribution in [0.4, 0.5) is 14.5 Å². The molecule has 1 fully saturated rings. The summed E-state index contributed by atoms with van der Waals surface area (Å²) in [5.74, 6) is 0.144. The Labute approximate surface area is 216 Å². The number of hydrogen-bond acceptors (Lipinski definition) is 4. The van der Waals surface area contributed by atoms with Gasteiger partial charge in [0, 0.05) is 59.1 Å². The summed E-state index contributed by atoms with van der Waals surface area (Å²) < 4.78 is 24.7. The minimum absolute atomic E-state index is 0.108. The number of aromatic amines is 1. The van der Waals surface area contributed by atoms with Crippen molar-refractivity contribution in [3.63, 3.8) is 0 Å². The standard InChI is InChI=1S/C27H37ClF2N4O2/c1-15-11-16(2)33-27(36)23(15)14-32-26(35)22-12-20(28)13-24(17(22)3)34-18(4)19-5-7-21(8-6-19)31-10-9-25(29)30/h11-13,18-19,21,25,31,34H,5-10,14H2,1-4H3,(H,32,35)(H,33,36). The van der Waals surface area contributed by atoms with E-state index in [0.29, 0.717) is 34.7 Å². The molecular formula is C27H37ClF2N4O2. The molecule has 0 spiro atoms. The van der Waals surface area contributed by atoms with E-state index in [9.17, 15) is 18.4 Å². The molecule has 36 heavy (non-hydrogen) atoms. The molecule has 198 valence electrons. The normalized spacial score (nSPS) is 18.8. The molecule has 1 saturated carbocycles. The molecule has 1 heterocycles. The quantitative estimate of drug-likeness (QED) is 0.332. The van der Waals surface area contributed by atoms with Crippen LogP contribution in [0.5, 0.6) is 0 Å². The van der Waals surface area contributed by atoms with E-state index in [1.165, 1.54) is 0 Å². The molecule has 1 unspecified atom stereocenters. The zero-order valence-electron chi connectivity index (χ0n) is 21.4. The first-order chi connectivity index (χ1) is 17.0. The highest BCUT2D eigenvalue weighted by Crippen LogP contribution is 2.31. The fraction of sp³-hybridized carbons (Fsp3) is 0.556. The summed E-state index contributed by atoms with van der Waals surface area (Å²) in [5, 5.41) is 10.1. The molecule has 0 saturated heterocycles. The fourth-order valence-electron chi connectivity index (χ4n) is 5.01. The van der Waals surface area contributed by atoms with Gasteiger partial charge in [-0.2, -0.15) is 0 Å². The van der Waals surface area contributed by atoms with Gasteiger partial charge in [0.15, 0.2) is 0 Å². The Kier molecular flexibility index (Phi) is 9.91. The maximum absolute atomic E-state index is 13.0. The van der Waals surface area contributed by atoms with Crippen molar-refractivity contribution in [2.45, 2.75) is 84.9 Å². The van der Waals surface area contributed by atoms with Gasteiger partial charge >= 0.3 is 0 Å². The van der Waals surface area contributed by atoms with Gasteiger partial charge in [0.05, 0.1) is 0 Å². The maximum Gasteiger partial charge on any atom is 0.253 e. The first kappa shape index (κ1) is 28.1. The van der Waals surface area contributed by atoms with Crippen LogP contribution >= 0.6 is 11.6 Å². The average Bonchev–Trinajstić information content (AvgIpc) is 2.80. The van der Waals surface area contributed by atoms with Crippen molar-refractivity contribution in [3.8, 4) is 0 Å². The van der Waals surface area contributed by atoms with Crippen LogP contribution < -0.4 is 21.5 Å². The third-order valence-electron chi connectivity index (χ3n) is 7.19. The minimum Gasteiger partial charge on any atom is -0.382 e. The number of amides is 1. The highest BCUT2D eigenvalue weighted by atomic mass is 35.5. The Hall–Kier alpha value is -2.45. The lowest BCUT2D eigenvalue weighted by Gasteiger charge is -2.34. The van der Waals surface area contributed by atoms with E-state index in [0.717, 1.165) is 48.2 Å². The van der Waals surface area contributed by atoms with Gasteiger partial charge in [0.25, 0.3) is 11.5 Å². The topological polar surface area (TPSA) is 86.0 Å². The molecule has 0 radical (unpaired) electrons. The summed E-state index contributed by atoms with van der Waals surface area (Å²) in [5.41, 5.74) is 3.99. The third-order valence-corrected chi connectivity index (χ3v) is 7.41. The molecule has 1 atom stereocenters. The Morgan fingerprint density at radius 3 is 2.47 bits per heavy atom. The average molecular weight is 523 g/mol. The molecule has 4 N–H and O–H groups in total. The fourth-order valence-corrected chi connectivity index (χ4v) is 5.23. The lowest BCUT2D eigenvalue weighted by atomic mass is 9.82. The van der Waals surface area contributed by atoms with Gasteiger partial charge in [0.1, 0.15) is 0 Å². The summed E-state index contributed by atoms with van der Waals surface area (Å²) in [6, 6.07) is 5.80. The number of carbonyl (C=O) groups is 1. The van der Waals surface area contributed by atoms with Crippen molar-refractivity contribution in [1.82, 2.24) is 15.6 Å². The Balaban J connectivity index is 1.61. The Morgan fingerprint density at radius 2 is 1.83 bits per heavy atom. The summed E-state index contributed by atoms with van der Waals surface area (Å²) in [7, 11) is 0. The summed E-state index contributed by atoms with van der Waals surface area (Å²) in [6.07, 6.45) is 1.54. The van der Waals surface area contributed by atoms with Crippen LogP contribution in [0.2, 0.25) is 5.02 Å². The number of H-pyrrole nitrogens is 1. The number of pyridine rings is 1. The zero-order valence-corrected chi connectivity index (χ0v) is 22.2. The molecule has 1 aromatic carbocycles. The number of aryl methyl sites for hydroxylation is 2. The number of hydrogen-bond donors (Lipinski definition) is 4. The number of anilines is 1. The zero-order chi connectivity index (χ0) is 26.4. The second-order valence-electron chi connectivity index (χ2n) is 9.93. The van der Waals surface area contributed by atoms with Gasteiger partial charge in [-0.05, 0) is 88.6 Å². The van der Waals surface area contributed by atoms with Crippen LogP contribution in [0, 0.1) is 26.7 Å². The van der Waals surface area contributed by atoms with Crippen LogP contribution in [0.1, 0.15) is 71.8 Å². The molecular weight excluding hydrogens is 486 g/mol. The Morgan fingerprint density at radius 1 is 1.14 bits per heavy atom. The van der Waals surface area contributed by atoms with Crippen molar-refractivity contribution in [1.29, 1.82) is 0 Å². The monoisotopic (exact) mass is 522 g/mol. The molecule has 1 aromatic heterocycles. The lowest BCUT2D eigenvalue weighted by Crippen LogP contribution is -2.38. The molecule has 2 aromatic rings. The largest absolute Gasteiger partial charge is 0.382 e. The van der Waals surface area contributed by atoms with E-state index in [4.69, 9.17) is 11.6 Å². The maximum atomic E-state index is 13.0. The van der Waals surface area contributed by atoms with Crippen molar-refractivity contribution in [2.75, 3.05) is 11.9 Å². The molecule has 1 amide bonds. The number of alkyl halides is 2. The van der Waals surface area contributed by atoms with Crippen molar-refractivity contribution in [2.24, 2.45) is 5.92 Å². The second kappa shape index (κ2) is 12.7. The van der Waals surface area contributed by atoms with Gasteiger partial charge in [-0.25, -0.2) is 8.78 Å². The van der Waals surface area contributed by atoms with Crippen molar-refractivity contribution in [3.05, 3.63) is 61.5 Å². The van der Waals surface area contributed by atoms with Gasteiger partial charge in [0.2, 0.25) is 6.43 Å². The number of nitrogens with one attached hydrogen (secondary N) is 4. The number of halogens is 3. The lowest BCUT2D eigenvalue weighted by molar-refractivity contribution is 0.0950. The van der Waals surface area contributed by atoms with Gasteiger partial charge in [-0.15, -0.1) is 0 Å². The van der Waals surface area contributed by atoms with Crippen molar-refractivity contribution >= 4 is 23.2 Å². The molecule has 1 aliphatic carbocycles. The molecule has 3 rings (SSSR count). The summed E-state index contributed by atoms with van der Waals surface area (Å²) >= 11 is 6.37. The number of rotatable bonds is 10. The smallest absolute Gasteiger partial charge is 0.253 e. The van der Waals surface area contributed by atoms with Crippen LogP contribution in [0.3, 0.4) is 0 Å². The third kappa shape index (κ3) is 7.53. The number of benzene rings is 1. The molecule has 0 aliphatic heterocycles. The van der Waals surface area contributed by atoms with Gasteiger partial charge in [-0.1, -0.05) is 11.6 Å². The Bertz CT molecular complexity index is 1110. The molecule has 6 nitrogen and oxygen atoms in total. The van der Waals surface area contributed by atoms with E-state index in [1.807, 2.05) is 32.9 Å². The first-order valence-corrected chi connectivity index (χ1v) is 13.0. The highest BCUT2D eigenvalue weighted by Gasteiger charge is 2.26. The number of aromatic nitrogens is 1. The SMILES string of the molecule is Cc1cc(C)c(CNC(=O)c2cc(Cl)cc(NC(C)C3CCC(NCCC(F)F)CC3)c2C)c(=O)[nH]1. The van der Waals surface area contributed by atoms with Gasteiger partial charge in [-0.3, -0.25) is 9.59 Å². The van der Waals surface area contributed by atoms with E-state index in [-0.39, 0.29) is 30.5 Å². The summed E-state index contributed by atoms with van der Waals surface area (Å²) in [4.78, 5) is 28.1. The molecule has 1 aliphatic rings. The van der Waals surface area contributed by atoms with Crippen molar-refractivity contribution < 1.29 is 13.6 Å². The van der Waals surface area contributed by atoms with Crippen LogP contribution in [-0.4, -0.2) is 35.9 Å². The predicted molar refractivity (Wildman–Crippen MR) is 141 cm³/mol. The van der Waals surface area contributed by atoms with E-state index < -0.39 is 6.43 Å². The highest BCUT2D eigenvalue weighted by molar-refractivity contribution is 6.31. The van der Waals surface area contributed by atoms with E-state index in [1.54, 1.807) is 6.07 Å². The predicted octanol–water partition coefficient (Wildman–Crippen LogP) is 5.49. The molecule has 9 heteroatoms. The van der Waals surface area contributed by atoms with E-state index >= 15 is 0 Å². The van der Waals surface area contributed by atoms with Crippen LogP contribution in [0.15, 0.2) is 23.0 Å². The van der Waals surface area contributed by atoms with Crippen LogP contribution in [0.25, 0.3) is 0 Å². The van der Waals surface area contributed by atoms with E-state index in [2.05, 4.69) is 27.9 Å². The van der Waals surface area contributed by atoms with Crippen LogP contribution in [-0.2, 0) is 6.54 Å². The second-order valence-corrected chi connectivity index (χ2v) is 10.4. The first-order valence-electron chi connectivity index (χ1n) is 12.6. The van der Waals surface area contributed by atoms with Gasteiger partial charge < -0.3 is 20.9 Å². The molecule has 0 bridgehead atoms.